The van der Waals surface area contributed by atoms with Crippen LogP contribution in [0.25, 0.3) is 0 Å². The second kappa shape index (κ2) is 6.14. The van der Waals surface area contributed by atoms with Crippen LogP contribution in [-0.4, -0.2) is 22.5 Å². The van der Waals surface area contributed by atoms with Crippen LogP contribution in [0.5, 0.6) is 0 Å². The van der Waals surface area contributed by atoms with Gasteiger partial charge in [0.2, 0.25) is 0 Å². The van der Waals surface area contributed by atoms with E-state index in [4.69, 9.17) is 0 Å². The average molecular weight is 332 g/mol. The smallest absolute Gasteiger partial charge is 0.329 e. The van der Waals surface area contributed by atoms with Crippen molar-refractivity contribution in [3.63, 3.8) is 0 Å². The number of carboxylic acid groups (broad SMARTS) is 1. The van der Waals surface area contributed by atoms with Crippen LogP contribution in [0.4, 0.5) is 4.39 Å². The van der Waals surface area contributed by atoms with Gasteiger partial charge in [0.1, 0.15) is 11.4 Å². The average Bonchev–Trinajstić information content (AvgIpc) is 2.35. The van der Waals surface area contributed by atoms with E-state index in [1.165, 1.54) is 12.1 Å². The topological polar surface area (TPSA) is 66.4 Å². The van der Waals surface area contributed by atoms with Crippen LogP contribution in [0.2, 0.25) is 0 Å². The highest BCUT2D eigenvalue weighted by molar-refractivity contribution is 9.10. The zero-order chi connectivity index (χ0) is 14.6. The van der Waals surface area contributed by atoms with Crippen molar-refractivity contribution in [2.75, 3.05) is 0 Å². The Kier molecular flexibility index (Phi) is 5.05. The van der Waals surface area contributed by atoms with E-state index in [2.05, 4.69) is 21.2 Å². The van der Waals surface area contributed by atoms with Crippen molar-refractivity contribution < 1.29 is 19.1 Å². The number of amides is 1. The minimum atomic E-state index is -1.38. The largest absolute Gasteiger partial charge is 0.480 e. The molecule has 6 heteroatoms. The van der Waals surface area contributed by atoms with Crippen molar-refractivity contribution >= 4 is 27.8 Å². The molecular formula is C13H15BrFNO3. The van der Waals surface area contributed by atoms with E-state index in [1.54, 1.807) is 13.8 Å². The Labute approximate surface area is 119 Å². The molecule has 0 fully saturated rings. The highest BCUT2D eigenvalue weighted by atomic mass is 79.9. The number of nitrogens with one attached hydrogen (secondary N) is 1. The summed E-state index contributed by atoms with van der Waals surface area (Å²) >= 11 is 3.09. The lowest BCUT2D eigenvalue weighted by molar-refractivity contribution is -0.144. The van der Waals surface area contributed by atoms with Crippen molar-refractivity contribution in [3.8, 4) is 0 Å². The summed E-state index contributed by atoms with van der Waals surface area (Å²) in [6.45, 7) is 3.32. The Hall–Kier alpha value is -1.43. The Morgan fingerprint density at radius 2 is 1.95 bits per heavy atom. The lowest BCUT2D eigenvalue weighted by atomic mass is 9.92. The third-order valence-corrected chi connectivity index (χ3v) is 3.82. The van der Waals surface area contributed by atoms with Crippen molar-refractivity contribution in [2.45, 2.75) is 32.2 Å². The first kappa shape index (κ1) is 15.6. The molecule has 0 aromatic heterocycles. The predicted octanol–water partition coefficient (Wildman–Crippen LogP) is 2.96. The summed E-state index contributed by atoms with van der Waals surface area (Å²) in [7, 11) is 0. The lowest BCUT2D eigenvalue weighted by Crippen LogP contribution is -2.53. The molecule has 0 aliphatic heterocycles. The molecule has 0 saturated heterocycles. The fourth-order valence-corrected chi connectivity index (χ4v) is 2.30. The molecule has 0 aliphatic rings. The van der Waals surface area contributed by atoms with Crippen molar-refractivity contribution in [1.82, 2.24) is 5.32 Å². The molecule has 1 rings (SSSR count). The highest BCUT2D eigenvalue weighted by Crippen LogP contribution is 2.22. The van der Waals surface area contributed by atoms with Crippen LogP contribution in [-0.2, 0) is 4.79 Å². The van der Waals surface area contributed by atoms with Gasteiger partial charge < -0.3 is 10.4 Å². The van der Waals surface area contributed by atoms with Crippen LogP contribution >= 0.6 is 15.9 Å². The maximum Gasteiger partial charge on any atom is 0.329 e. The number of rotatable bonds is 5. The molecule has 19 heavy (non-hydrogen) atoms. The minimum absolute atomic E-state index is 0.185. The van der Waals surface area contributed by atoms with Crippen molar-refractivity contribution in [3.05, 3.63) is 34.1 Å². The predicted molar refractivity (Wildman–Crippen MR) is 72.5 cm³/mol. The fourth-order valence-electron chi connectivity index (χ4n) is 1.78. The molecule has 0 saturated carbocycles. The summed E-state index contributed by atoms with van der Waals surface area (Å²) in [5.41, 5.74) is -1.56. The molecule has 1 aromatic carbocycles. The molecule has 0 heterocycles. The molecule has 0 atom stereocenters. The maximum atomic E-state index is 13.6. The zero-order valence-electron chi connectivity index (χ0n) is 10.7. The number of benzene rings is 1. The number of hydrogen-bond donors (Lipinski definition) is 2. The molecule has 0 spiro atoms. The monoisotopic (exact) mass is 331 g/mol. The zero-order valence-corrected chi connectivity index (χ0v) is 12.3. The van der Waals surface area contributed by atoms with Crippen molar-refractivity contribution in [1.29, 1.82) is 0 Å². The number of carbonyl (C=O) groups is 2. The normalized spacial score (nSPS) is 11.2. The van der Waals surface area contributed by atoms with Crippen LogP contribution in [0.3, 0.4) is 0 Å². The number of carbonyl (C=O) groups excluding carboxylic acids is 1. The van der Waals surface area contributed by atoms with Gasteiger partial charge >= 0.3 is 5.97 Å². The van der Waals surface area contributed by atoms with Gasteiger partial charge in [-0.2, -0.15) is 0 Å². The van der Waals surface area contributed by atoms with Gasteiger partial charge in [-0.15, -0.1) is 0 Å². The van der Waals surface area contributed by atoms with Crippen LogP contribution in [0.15, 0.2) is 22.7 Å². The molecule has 0 radical (unpaired) electrons. The van der Waals surface area contributed by atoms with E-state index in [0.717, 1.165) is 6.07 Å². The van der Waals surface area contributed by atoms with E-state index >= 15 is 0 Å². The van der Waals surface area contributed by atoms with Crippen LogP contribution < -0.4 is 5.32 Å². The van der Waals surface area contributed by atoms with Crippen molar-refractivity contribution in [2.24, 2.45) is 0 Å². The van der Waals surface area contributed by atoms with Gasteiger partial charge in [-0.25, -0.2) is 9.18 Å². The van der Waals surface area contributed by atoms with E-state index in [0.29, 0.717) is 0 Å². The molecule has 104 valence electrons. The quantitative estimate of drug-likeness (QED) is 0.871. The summed E-state index contributed by atoms with van der Waals surface area (Å²) in [5.74, 6) is -2.56. The summed E-state index contributed by atoms with van der Waals surface area (Å²) in [6, 6.07) is 4.14. The Bertz CT molecular complexity index is 480. The summed E-state index contributed by atoms with van der Waals surface area (Å²) in [4.78, 5) is 23.4. The Morgan fingerprint density at radius 1 is 1.37 bits per heavy atom. The van der Waals surface area contributed by atoms with Gasteiger partial charge in [-0.05, 0) is 40.9 Å². The third kappa shape index (κ3) is 3.12. The summed E-state index contributed by atoms with van der Waals surface area (Å²) in [6.07, 6.45) is 0.438. The highest BCUT2D eigenvalue weighted by Gasteiger charge is 2.37. The molecule has 4 nitrogen and oxygen atoms in total. The molecule has 2 N–H and O–H groups in total. The van der Waals surface area contributed by atoms with Gasteiger partial charge in [0.15, 0.2) is 0 Å². The van der Waals surface area contributed by atoms with E-state index in [1.807, 2.05) is 0 Å². The number of carboxylic acids is 1. The first-order valence-corrected chi connectivity index (χ1v) is 6.67. The molecule has 0 bridgehead atoms. The van der Waals surface area contributed by atoms with Gasteiger partial charge in [-0.1, -0.05) is 19.9 Å². The fraction of sp³-hybridized carbons (Fsp3) is 0.385. The van der Waals surface area contributed by atoms with Gasteiger partial charge in [-0.3, -0.25) is 4.79 Å². The SMILES string of the molecule is CCC(CC)(NC(=O)c1c(F)cccc1Br)C(=O)O. The summed E-state index contributed by atoms with van der Waals surface area (Å²) in [5, 5.41) is 11.7. The maximum absolute atomic E-state index is 13.6. The first-order valence-electron chi connectivity index (χ1n) is 5.88. The molecular weight excluding hydrogens is 317 g/mol. The van der Waals surface area contributed by atoms with Gasteiger partial charge in [0.25, 0.3) is 5.91 Å². The Balaban J connectivity index is 3.11. The van der Waals surface area contributed by atoms with E-state index < -0.39 is 23.2 Å². The molecule has 1 aromatic rings. The standard InChI is InChI=1S/C13H15BrFNO3/c1-3-13(4-2,12(18)19)16-11(17)10-8(14)6-5-7-9(10)15/h5-7H,3-4H2,1-2H3,(H,16,17)(H,18,19). The van der Waals surface area contributed by atoms with E-state index in [9.17, 15) is 19.1 Å². The van der Waals surface area contributed by atoms with Crippen LogP contribution in [0.1, 0.15) is 37.0 Å². The minimum Gasteiger partial charge on any atom is -0.480 e. The molecule has 0 unspecified atom stereocenters. The Morgan fingerprint density at radius 3 is 2.37 bits per heavy atom. The number of aliphatic carboxylic acids is 1. The van der Waals surface area contributed by atoms with Crippen LogP contribution in [0, 0.1) is 5.82 Å². The molecule has 0 aliphatic carbocycles. The number of hydrogen-bond acceptors (Lipinski definition) is 2. The molecule has 1 amide bonds. The third-order valence-electron chi connectivity index (χ3n) is 3.16. The van der Waals surface area contributed by atoms with E-state index in [-0.39, 0.29) is 22.9 Å². The first-order chi connectivity index (χ1) is 8.88. The second-order valence-electron chi connectivity index (χ2n) is 4.15. The number of halogens is 2. The lowest BCUT2D eigenvalue weighted by Gasteiger charge is -2.28. The van der Waals surface area contributed by atoms with Gasteiger partial charge in [0.05, 0.1) is 5.56 Å². The van der Waals surface area contributed by atoms with Gasteiger partial charge in [0, 0.05) is 4.47 Å². The second-order valence-corrected chi connectivity index (χ2v) is 5.00. The summed E-state index contributed by atoms with van der Waals surface area (Å²) < 4.78 is 13.9.